The van der Waals surface area contributed by atoms with Crippen LogP contribution < -0.4 is 4.74 Å². The molecule has 2 N–H and O–H groups in total. The zero-order chi connectivity index (χ0) is 15.7. The molecule has 0 aliphatic heterocycles. The van der Waals surface area contributed by atoms with E-state index in [4.69, 9.17) is 9.84 Å². The van der Waals surface area contributed by atoms with E-state index in [0.717, 1.165) is 21.7 Å². The number of aromatic carboxylic acids is 1. The van der Waals surface area contributed by atoms with Crippen molar-refractivity contribution in [3.8, 4) is 17.1 Å². The predicted molar refractivity (Wildman–Crippen MR) is 86.8 cm³/mol. The van der Waals surface area contributed by atoms with Crippen LogP contribution in [0, 0.1) is 0 Å². The van der Waals surface area contributed by atoms with Gasteiger partial charge < -0.3 is 14.8 Å². The molecular formula is C16H14N2O3S. The Labute approximate surface area is 131 Å². The van der Waals surface area contributed by atoms with E-state index in [1.54, 1.807) is 37.1 Å². The summed E-state index contributed by atoms with van der Waals surface area (Å²) >= 11 is 1.64. The number of nitrogens with zero attached hydrogens (tertiary/aromatic N) is 1. The maximum Gasteiger partial charge on any atom is 0.335 e. The molecule has 3 rings (SSSR count). The SMILES string of the molecule is COc1cc(SC)ccc1-c1nc2cc(C(=O)O)ccc2[nH]1. The summed E-state index contributed by atoms with van der Waals surface area (Å²) in [7, 11) is 1.62. The molecule has 3 aromatic rings. The molecule has 112 valence electrons. The molecule has 1 aromatic heterocycles. The summed E-state index contributed by atoms with van der Waals surface area (Å²) in [5.74, 6) is 0.416. The smallest absolute Gasteiger partial charge is 0.335 e. The molecule has 0 spiro atoms. The van der Waals surface area contributed by atoms with Gasteiger partial charge in [0.1, 0.15) is 11.6 Å². The average molecular weight is 314 g/mol. The number of benzene rings is 2. The molecule has 0 amide bonds. The van der Waals surface area contributed by atoms with Gasteiger partial charge in [0.25, 0.3) is 0 Å². The van der Waals surface area contributed by atoms with Crippen molar-refractivity contribution in [2.24, 2.45) is 0 Å². The maximum atomic E-state index is 11.0. The molecule has 5 nitrogen and oxygen atoms in total. The minimum atomic E-state index is -0.964. The Balaban J connectivity index is 2.12. The van der Waals surface area contributed by atoms with Crippen molar-refractivity contribution < 1.29 is 14.6 Å². The maximum absolute atomic E-state index is 11.0. The first kappa shape index (κ1) is 14.5. The molecule has 0 unspecified atom stereocenters. The lowest BCUT2D eigenvalue weighted by molar-refractivity contribution is 0.0697. The number of imidazole rings is 1. The van der Waals surface area contributed by atoms with E-state index < -0.39 is 5.97 Å². The summed E-state index contributed by atoms with van der Waals surface area (Å²) in [5, 5.41) is 9.05. The number of H-pyrrole nitrogens is 1. The fourth-order valence-electron chi connectivity index (χ4n) is 2.26. The molecule has 0 bridgehead atoms. The minimum Gasteiger partial charge on any atom is -0.496 e. The van der Waals surface area contributed by atoms with Gasteiger partial charge in [-0.25, -0.2) is 9.78 Å². The molecular weight excluding hydrogens is 300 g/mol. The number of rotatable bonds is 4. The van der Waals surface area contributed by atoms with Crippen molar-refractivity contribution in [3.05, 3.63) is 42.0 Å². The van der Waals surface area contributed by atoms with E-state index >= 15 is 0 Å². The van der Waals surface area contributed by atoms with Crippen LogP contribution in [0.4, 0.5) is 0 Å². The highest BCUT2D eigenvalue weighted by molar-refractivity contribution is 7.98. The van der Waals surface area contributed by atoms with Crippen molar-refractivity contribution in [3.63, 3.8) is 0 Å². The highest BCUT2D eigenvalue weighted by Crippen LogP contribution is 2.32. The van der Waals surface area contributed by atoms with Crippen molar-refractivity contribution in [1.29, 1.82) is 0 Å². The summed E-state index contributed by atoms with van der Waals surface area (Å²) in [4.78, 5) is 19.8. The zero-order valence-electron chi connectivity index (χ0n) is 12.1. The normalized spacial score (nSPS) is 10.8. The van der Waals surface area contributed by atoms with Gasteiger partial charge in [-0.1, -0.05) is 0 Å². The monoisotopic (exact) mass is 314 g/mol. The molecule has 0 radical (unpaired) electrons. The topological polar surface area (TPSA) is 75.2 Å². The predicted octanol–water partition coefficient (Wildman–Crippen LogP) is 3.66. The molecule has 0 aliphatic carbocycles. The van der Waals surface area contributed by atoms with Crippen LogP contribution in [0.1, 0.15) is 10.4 Å². The minimum absolute atomic E-state index is 0.218. The molecule has 22 heavy (non-hydrogen) atoms. The van der Waals surface area contributed by atoms with Crippen LogP contribution >= 0.6 is 11.8 Å². The number of thioether (sulfide) groups is 1. The number of fused-ring (bicyclic) bond motifs is 1. The number of methoxy groups -OCH3 is 1. The largest absolute Gasteiger partial charge is 0.496 e. The zero-order valence-corrected chi connectivity index (χ0v) is 12.9. The van der Waals surface area contributed by atoms with Crippen molar-refractivity contribution in [2.45, 2.75) is 4.90 Å². The molecule has 1 heterocycles. The number of aromatic amines is 1. The third kappa shape index (κ3) is 2.53. The lowest BCUT2D eigenvalue weighted by Crippen LogP contribution is -1.94. The highest BCUT2D eigenvalue weighted by atomic mass is 32.2. The fraction of sp³-hybridized carbons (Fsp3) is 0.125. The van der Waals surface area contributed by atoms with E-state index in [-0.39, 0.29) is 5.56 Å². The first-order valence-electron chi connectivity index (χ1n) is 6.58. The number of carbonyl (C=O) groups is 1. The molecule has 6 heteroatoms. The van der Waals surface area contributed by atoms with Crippen LogP contribution in [0.15, 0.2) is 41.3 Å². The van der Waals surface area contributed by atoms with E-state index in [9.17, 15) is 4.79 Å². The third-order valence-corrected chi connectivity index (χ3v) is 4.12. The van der Waals surface area contributed by atoms with E-state index in [2.05, 4.69) is 9.97 Å². The summed E-state index contributed by atoms with van der Waals surface area (Å²) < 4.78 is 5.43. The highest BCUT2D eigenvalue weighted by Gasteiger charge is 2.13. The summed E-state index contributed by atoms with van der Waals surface area (Å²) in [6.45, 7) is 0. The number of aromatic nitrogens is 2. The molecule has 0 atom stereocenters. The van der Waals surface area contributed by atoms with Crippen LogP contribution in [0.25, 0.3) is 22.4 Å². The first-order chi connectivity index (χ1) is 10.6. The third-order valence-electron chi connectivity index (χ3n) is 3.39. The second-order valence-corrected chi connectivity index (χ2v) is 5.57. The van der Waals surface area contributed by atoms with Crippen LogP contribution in [0.3, 0.4) is 0 Å². The van der Waals surface area contributed by atoms with Crippen LogP contribution in [0.5, 0.6) is 5.75 Å². The van der Waals surface area contributed by atoms with Gasteiger partial charge in [0.15, 0.2) is 0 Å². The lowest BCUT2D eigenvalue weighted by atomic mass is 10.2. The van der Waals surface area contributed by atoms with Crippen LogP contribution in [-0.2, 0) is 0 Å². The van der Waals surface area contributed by atoms with Gasteiger partial charge >= 0.3 is 5.97 Å². The number of nitrogens with one attached hydrogen (secondary N) is 1. The molecule has 0 saturated carbocycles. The van der Waals surface area contributed by atoms with Gasteiger partial charge in [-0.15, -0.1) is 11.8 Å². The Hall–Kier alpha value is -2.47. The van der Waals surface area contributed by atoms with Crippen LogP contribution in [-0.4, -0.2) is 34.4 Å². The molecule has 2 aromatic carbocycles. The Morgan fingerprint density at radius 2 is 2.09 bits per heavy atom. The lowest BCUT2D eigenvalue weighted by Gasteiger charge is -2.07. The number of carboxylic acids is 1. The van der Waals surface area contributed by atoms with Crippen molar-refractivity contribution in [1.82, 2.24) is 9.97 Å². The van der Waals surface area contributed by atoms with Gasteiger partial charge in [-0.3, -0.25) is 0 Å². The standard InChI is InChI=1S/C16H14N2O3S/c1-21-14-8-10(22-2)4-5-11(14)15-17-12-6-3-9(16(19)20)7-13(12)18-15/h3-8H,1-2H3,(H,17,18)(H,19,20). The molecule has 0 aliphatic rings. The van der Waals surface area contributed by atoms with E-state index in [0.29, 0.717) is 11.3 Å². The van der Waals surface area contributed by atoms with Crippen molar-refractivity contribution >= 4 is 28.8 Å². The van der Waals surface area contributed by atoms with Crippen molar-refractivity contribution in [2.75, 3.05) is 13.4 Å². The second kappa shape index (κ2) is 5.73. The number of hydrogen-bond donors (Lipinski definition) is 2. The van der Waals surface area contributed by atoms with E-state index in [1.807, 2.05) is 24.5 Å². The van der Waals surface area contributed by atoms with E-state index in [1.165, 1.54) is 0 Å². The Kier molecular flexibility index (Phi) is 3.77. The first-order valence-corrected chi connectivity index (χ1v) is 7.80. The second-order valence-electron chi connectivity index (χ2n) is 4.69. The Morgan fingerprint density at radius 1 is 1.27 bits per heavy atom. The van der Waals surface area contributed by atoms with Gasteiger partial charge in [0.2, 0.25) is 0 Å². The summed E-state index contributed by atoms with van der Waals surface area (Å²) in [6, 6.07) is 10.7. The Morgan fingerprint density at radius 3 is 2.77 bits per heavy atom. The number of carboxylic acid groups (broad SMARTS) is 1. The summed E-state index contributed by atoms with van der Waals surface area (Å²) in [6.07, 6.45) is 2.00. The molecule has 0 fully saturated rings. The molecule has 0 saturated heterocycles. The number of ether oxygens (including phenoxy) is 1. The van der Waals surface area contributed by atoms with Gasteiger partial charge in [-0.05, 0) is 42.7 Å². The average Bonchev–Trinajstić information content (AvgIpc) is 2.96. The van der Waals surface area contributed by atoms with Gasteiger partial charge in [0.05, 0.1) is 29.3 Å². The van der Waals surface area contributed by atoms with Gasteiger partial charge in [0, 0.05) is 4.90 Å². The van der Waals surface area contributed by atoms with Crippen LogP contribution in [0.2, 0.25) is 0 Å². The Bertz CT molecular complexity index is 858. The summed E-state index contributed by atoms with van der Waals surface area (Å²) in [5.41, 5.74) is 2.46. The van der Waals surface area contributed by atoms with Gasteiger partial charge in [-0.2, -0.15) is 0 Å². The number of hydrogen-bond acceptors (Lipinski definition) is 4. The quantitative estimate of drug-likeness (QED) is 0.719. The fourth-order valence-corrected chi connectivity index (χ4v) is 2.69.